The molecule has 0 bridgehead atoms. The molecule has 0 saturated carbocycles. The fourth-order valence-corrected chi connectivity index (χ4v) is 3.38. The molecule has 1 N–H and O–H groups in total. The number of nitrogens with one attached hydrogen (secondary N) is 1. The Balaban J connectivity index is 1.76. The summed E-state index contributed by atoms with van der Waals surface area (Å²) >= 11 is 12.9. The van der Waals surface area contributed by atoms with Gasteiger partial charge in [-0.25, -0.2) is 0 Å². The zero-order chi connectivity index (χ0) is 18.0. The summed E-state index contributed by atoms with van der Waals surface area (Å²) in [6.45, 7) is 0.143. The number of anilines is 1. The van der Waals surface area contributed by atoms with Crippen LogP contribution in [0.5, 0.6) is 0 Å². The molecule has 3 amide bonds. The maximum atomic E-state index is 12.4. The number of nitrogens with zero attached hydrogens (tertiary/aromatic N) is 1. The zero-order valence-corrected chi connectivity index (χ0v) is 15.1. The number of amides is 3. The van der Waals surface area contributed by atoms with Gasteiger partial charge in [-0.3, -0.25) is 19.3 Å². The van der Waals surface area contributed by atoms with Crippen LogP contribution in [0.3, 0.4) is 0 Å². The van der Waals surface area contributed by atoms with Gasteiger partial charge < -0.3 is 5.32 Å². The lowest BCUT2D eigenvalue weighted by Crippen LogP contribution is -2.28. The standard InChI is InChI=1S/C17H12Cl2N2O3S/c18-12-4-5-13(19)14(7-12)20-16(23)11-3-1-2-10(6-11)8-21-15(22)9-25-17(21)24/h1-7H,8-9H2,(H,20,23). The molecule has 128 valence electrons. The monoisotopic (exact) mass is 394 g/mol. The van der Waals surface area contributed by atoms with Crippen molar-refractivity contribution in [3.63, 3.8) is 0 Å². The first-order valence-electron chi connectivity index (χ1n) is 7.26. The van der Waals surface area contributed by atoms with Crippen molar-refractivity contribution in [3.05, 3.63) is 63.6 Å². The van der Waals surface area contributed by atoms with E-state index in [1.54, 1.807) is 42.5 Å². The minimum Gasteiger partial charge on any atom is -0.321 e. The van der Waals surface area contributed by atoms with Crippen LogP contribution in [0.2, 0.25) is 10.0 Å². The van der Waals surface area contributed by atoms with Crippen molar-refractivity contribution in [2.45, 2.75) is 6.54 Å². The molecular formula is C17H12Cl2N2O3S. The molecule has 0 aromatic heterocycles. The van der Waals surface area contributed by atoms with E-state index in [1.165, 1.54) is 4.90 Å². The lowest BCUT2D eigenvalue weighted by Gasteiger charge is -2.13. The van der Waals surface area contributed by atoms with Gasteiger partial charge in [0.15, 0.2) is 0 Å². The minimum absolute atomic E-state index is 0.143. The van der Waals surface area contributed by atoms with E-state index in [4.69, 9.17) is 23.2 Å². The van der Waals surface area contributed by atoms with Crippen molar-refractivity contribution in [1.82, 2.24) is 4.90 Å². The van der Waals surface area contributed by atoms with E-state index in [0.717, 1.165) is 11.8 Å². The average molecular weight is 395 g/mol. The molecule has 1 aliphatic rings. The van der Waals surface area contributed by atoms with Crippen LogP contribution in [0.25, 0.3) is 0 Å². The lowest BCUT2D eigenvalue weighted by molar-refractivity contribution is -0.125. The fraction of sp³-hybridized carbons (Fsp3) is 0.118. The van der Waals surface area contributed by atoms with Gasteiger partial charge in [0.1, 0.15) is 0 Å². The Kier molecular flexibility index (Phi) is 5.32. The predicted molar refractivity (Wildman–Crippen MR) is 99.3 cm³/mol. The Morgan fingerprint density at radius 2 is 1.96 bits per heavy atom. The normalized spacial score (nSPS) is 14.1. The number of hydrogen-bond acceptors (Lipinski definition) is 4. The number of imide groups is 1. The highest BCUT2D eigenvalue weighted by molar-refractivity contribution is 8.14. The van der Waals surface area contributed by atoms with Crippen molar-refractivity contribution < 1.29 is 14.4 Å². The highest BCUT2D eigenvalue weighted by atomic mass is 35.5. The van der Waals surface area contributed by atoms with Gasteiger partial charge >= 0.3 is 0 Å². The molecule has 2 aromatic carbocycles. The molecule has 0 radical (unpaired) electrons. The van der Waals surface area contributed by atoms with E-state index >= 15 is 0 Å². The minimum atomic E-state index is -0.362. The van der Waals surface area contributed by atoms with Gasteiger partial charge in [0, 0.05) is 10.6 Å². The lowest BCUT2D eigenvalue weighted by atomic mass is 10.1. The molecule has 3 rings (SSSR count). The molecule has 0 unspecified atom stereocenters. The largest absolute Gasteiger partial charge is 0.321 e. The zero-order valence-electron chi connectivity index (χ0n) is 12.8. The van der Waals surface area contributed by atoms with E-state index in [9.17, 15) is 14.4 Å². The Morgan fingerprint density at radius 1 is 1.16 bits per heavy atom. The summed E-state index contributed by atoms with van der Waals surface area (Å²) in [5.74, 6) is -0.429. The molecule has 1 saturated heterocycles. The van der Waals surface area contributed by atoms with Crippen LogP contribution in [0.15, 0.2) is 42.5 Å². The van der Waals surface area contributed by atoms with Gasteiger partial charge in [-0.2, -0.15) is 0 Å². The highest BCUT2D eigenvalue weighted by Crippen LogP contribution is 2.26. The number of rotatable bonds is 4. The maximum Gasteiger partial charge on any atom is 0.289 e. The number of carbonyl (C=O) groups excluding carboxylic acids is 3. The summed E-state index contributed by atoms with van der Waals surface area (Å²) < 4.78 is 0. The maximum absolute atomic E-state index is 12.4. The number of hydrogen-bond donors (Lipinski definition) is 1. The van der Waals surface area contributed by atoms with Crippen LogP contribution in [-0.2, 0) is 11.3 Å². The second-order valence-electron chi connectivity index (χ2n) is 5.31. The smallest absolute Gasteiger partial charge is 0.289 e. The van der Waals surface area contributed by atoms with Crippen LogP contribution >= 0.6 is 35.0 Å². The first-order valence-corrected chi connectivity index (χ1v) is 9.00. The van der Waals surface area contributed by atoms with Gasteiger partial charge in [0.2, 0.25) is 5.91 Å². The van der Waals surface area contributed by atoms with Crippen LogP contribution in [0.1, 0.15) is 15.9 Å². The Morgan fingerprint density at radius 3 is 2.68 bits per heavy atom. The first-order chi connectivity index (χ1) is 11.9. The van der Waals surface area contributed by atoms with E-state index in [0.29, 0.717) is 26.9 Å². The molecule has 25 heavy (non-hydrogen) atoms. The third kappa shape index (κ3) is 4.15. The van der Waals surface area contributed by atoms with Crippen molar-refractivity contribution in [3.8, 4) is 0 Å². The molecule has 0 aliphatic carbocycles. The second kappa shape index (κ2) is 7.47. The van der Waals surface area contributed by atoms with Gasteiger partial charge in [-0.15, -0.1) is 0 Å². The molecule has 5 nitrogen and oxygen atoms in total. The van der Waals surface area contributed by atoms with Crippen molar-refractivity contribution in [1.29, 1.82) is 0 Å². The summed E-state index contributed by atoms with van der Waals surface area (Å²) in [5, 5.41) is 3.26. The van der Waals surface area contributed by atoms with Gasteiger partial charge in [-0.1, -0.05) is 47.1 Å². The molecule has 8 heteroatoms. The summed E-state index contributed by atoms with van der Waals surface area (Å²) in [5.41, 5.74) is 1.49. The van der Waals surface area contributed by atoms with Crippen LogP contribution in [-0.4, -0.2) is 27.7 Å². The SMILES string of the molecule is O=C(Nc1cc(Cl)ccc1Cl)c1cccc(CN2C(=O)CSC2=O)c1. The van der Waals surface area contributed by atoms with Crippen molar-refractivity contribution in [2.75, 3.05) is 11.1 Å². The number of carbonyl (C=O) groups is 3. The predicted octanol–water partition coefficient (Wildman–Crippen LogP) is 4.44. The molecular weight excluding hydrogens is 383 g/mol. The number of halogens is 2. The number of thioether (sulfide) groups is 1. The van der Waals surface area contributed by atoms with Gasteiger partial charge in [0.05, 0.1) is 23.0 Å². The molecule has 0 spiro atoms. The third-order valence-corrected chi connectivity index (χ3v) is 4.97. The van der Waals surface area contributed by atoms with E-state index in [2.05, 4.69) is 5.32 Å². The summed E-state index contributed by atoms with van der Waals surface area (Å²) in [6.07, 6.45) is 0. The third-order valence-electron chi connectivity index (χ3n) is 3.55. The molecule has 1 fully saturated rings. The van der Waals surface area contributed by atoms with Crippen molar-refractivity contribution in [2.24, 2.45) is 0 Å². The van der Waals surface area contributed by atoms with Crippen LogP contribution < -0.4 is 5.32 Å². The number of benzene rings is 2. The molecule has 0 atom stereocenters. The molecule has 1 aliphatic heterocycles. The van der Waals surface area contributed by atoms with Crippen molar-refractivity contribution >= 4 is 57.7 Å². The van der Waals surface area contributed by atoms with Gasteiger partial charge in [0.25, 0.3) is 11.1 Å². The Hall–Kier alpha value is -2.02. The average Bonchev–Trinajstić information content (AvgIpc) is 2.90. The highest BCUT2D eigenvalue weighted by Gasteiger charge is 2.29. The van der Waals surface area contributed by atoms with E-state index in [1.807, 2.05) is 0 Å². The van der Waals surface area contributed by atoms with E-state index in [-0.39, 0.29) is 29.4 Å². The summed E-state index contributed by atoms with van der Waals surface area (Å²) in [7, 11) is 0. The molecule has 2 aromatic rings. The van der Waals surface area contributed by atoms with Crippen LogP contribution in [0.4, 0.5) is 10.5 Å². The Labute approximate surface area is 158 Å². The quantitative estimate of drug-likeness (QED) is 0.831. The van der Waals surface area contributed by atoms with E-state index < -0.39 is 0 Å². The van der Waals surface area contributed by atoms with Gasteiger partial charge in [-0.05, 0) is 35.9 Å². The fourth-order valence-electron chi connectivity index (χ4n) is 2.32. The summed E-state index contributed by atoms with van der Waals surface area (Å²) in [4.78, 5) is 37.0. The topological polar surface area (TPSA) is 66.5 Å². The second-order valence-corrected chi connectivity index (χ2v) is 7.08. The van der Waals surface area contributed by atoms with Crippen LogP contribution in [0, 0.1) is 0 Å². The summed E-state index contributed by atoms with van der Waals surface area (Å²) in [6, 6.07) is 11.5. The molecule has 1 heterocycles. The first kappa shape index (κ1) is 17.8. The Bertz CT molecular complexity index is 857.